The molecule has 0 unspecified atom stereocenters. The van der Waals surface area contributed by atoms with Gasteiger partial charge in [-0.25, -0.2) is 0 Å². The molecule has 4 nitrogen and oxygen atoms in total. The van der Waals surface area contributed by atoms with Gasteiger partial charge in [0.1, 0.15) is 0 Å². The molecule has 1 fully saturated rings. The molecule has 1 aliphatic heterocycles. The van der Waals surface area contributed by atoms with Crippen LogP contribution in [0.15, 0.2) is 0 Å². The van der Waals surface area contributed by atoms with E-state index in [0.717, 1.165) is 26.2 Å². The maximum atomic E-state index is 5.47. The van der Waals surface area contributed by atoms with Gasteiger partial charge in [0.25, 0.3) is 0 Å². The van der Waals surface area contributed by atoms with Crippen LogP contribution in [0.1, 0.15) is 22.3 Å². The smallest absolute Gasteiger partial charge is 0.0456 e. The Morgan fingerprint density at radius 2 is 0.923 bits per heavy atom. The summed E-state index contributed by atoms with van der Waals surface area (Å²) in [6, 6.07) is 0. The molecule has 13 heavy (non-hydrogen) atoms. The highest BCUT2D eigenvalue weighted by molar-refractivity contribution is 4.68. The van der Waals surface area contributed by atoms with Crippen molar-refractivity contribution in [3.63, 3.8) is 0 Å². The first-order valence-electron chi connectivity index (χ1n) is 3.71. The van der Waals surface area contributed by atoms with Gasteiger partial charge in [0.05, 0.1) is 0 Å². The summed E-state index contributed by atoms with van der Waals surface area (Å²) in [6.07, 6.45) is 0. The van der Waals surface area contributed by atoms with E-state index < -0.39 is 0 Å². The lowest BCUT2D eigenvalue weighted by atomic mass is 10.3. The van der Waals surface area contributed by atoms with E-state index in [9.17, 15) is 0 Å². The van der Waals surface area contributed by atoms with Crippen LogP contribution in [0, 0.1) is 0 Å². The van der Waals surface area contributed by atoms with Gasteiger partial charge in [-0.2, -0.15) is 0 Å². The van der Waals surface area contributed by atoms with Crippen molar-refractivity contribution in [1.29, 1.82) is 0 Å². The number of hydrogen-bond donors (Lipinski definition) is 2. The molecule has 1 saturated heterocycles. The molecule has 4 heteroatoms. The third-order valence-electron chi connectivity index (χ3n) is 1.98. The Morgan fingerprint density at radius 3 is 1.08 bits per heavy atom. The fourth-order valence-electron chi connectivity index (χ4n) is 1.15. The fraction of sp³-hybridized carbons (Fsp3) is 1.00. The molecule has 0 aromatic rings. The summed E-state index contributed by atoms with van der Waals surface area (Å²) in [5.41, 5.74) is 10.9. The molecule has 0 spiro atoms. The summed E-state index contributed by atoms with van der Waals surface area (Å²) in [5.74, 6) is 0. The monoisotopic (exact) mass is 192 g/mol. The Hall–Kier alpha value is -0.160. The highest BCUT2D eigenvalue weighted by atomic mass is 15.3. The van der Waals surface area contributed by atoms with Crippen molar-refractivity contribution in [2.75, 3.05) is 39.5 Å². The summed E-state index contributed by atoms with van der Waals surface area (Å²) in [6.45, 7) is 5.61. The van der Waals surface area contributed by atoms with Crippen LogP contribution < -0.4 is 11.5 Å². The first-order valence-corrected chi connectivity index (χ1v) is 3.71. The Morgan fingerprint density at radius 1 is 0.692 bits per heavy atom. The van der Waals surface area contributed by atoms with Crippen LogP contribution in [0.25, 0.3) is 0 Å². The molecular formula is C9H28N4. The van der Waals surface area contributed by atoms with Crippen LogP contribution >= 0.6 is 0 Å². The number of rotatable bonds is 2. The quantitative estimate of drug-likeness (QED) is 0.662. The van der Waals surface area contributed by atoms with Crippen LogP contribution in [0.2, 0.25) is 0 Å². The number of nitrogens with two attached hydrogens (primary N) is 2. The zero-order valence-electron chi connectivity index (χ0n) is 6.29. The van der Waals surface area contributed by atoms with Gasteiger partial charge in [-0.3, -0.25) is 9.80 Å². The molecule has 0 radical (unpaired) electrons. The Bertz CT molecular complexity index is 77.6. The van der Waals surface area contributed by atoms with Crippen molar-refractivity contribution >= 4 is 0 Å². The topological polar surface area (TPSA) is 58.5 Å². The maximum absolute atomic E-state index is 5.47. The van der Waals surface area contributed by atoms with Crippen molar-refractivity contribution in [2.45, 2.75) is 22.3 Å². The van der Waals surface area contributed by atoms with Crippen molar-refractivity contribution in [3.8, 4) is 0 Å². The minimum absolute atomic E-state index is 0. The van der Waals surface area contributed by atoms with Crippen LogP contribution in [0.3, 0.4) is 0 Å². The van der Waals surface area contributed by atoms with E-state index in [1.165, 1.54) is 0 Å². The van der Waals surface area contributed by atoms with Gasteiger partial charge >= 0.3 is 0 Å². The Kier molecular flexibility index (Phi) is 14.2. The van der Waals surface area contributed by atoms with Gasteiger partial charge in [0.15, 0.2) is 0 Å². The van der Waals surface area contributed by atoms with E-state index in [1.807, 2.05) is 0 Å². The highest BCUT2D eigenvalue weighted by Crippen LogP contribution is 1.96. The Labute approximate surface area is 83.9 Å². The van der Waals surface area contributed by atoms with E-state index in [1.54, 1.807) is 0 Å². The average Bonchev–Trinajstić information content (AvgIpc) is 2.05. The standard InChI is InChI=1S/C6H16N4.3CH4/c7-5-9-1-2-10(6-8)4-3-9;;;/h1-8H2;3*1H4. The molecule has 4 N–H and O–H groups in total. The molecule has 0 bridgehead atoms. The molecule has 1 aliphatic rings. The molecule has 0 aromatic carbocycles. The molecule has 0 atom stereocenters. The third-order valence-corrected chi connectivity index (χ3v) is 1.98. The van der Waals surface area contributed by atoms with E-state index in [4.69, 9.17) is 11.5 Å². The molecular weight excluding hydrogens is 164 g/mol. The van der Waals surface area contributed by atoms with E-state index in [2.05, 4.69) is 9.80 Å². The minimum atomic E-state index is 0. The average molecular weight is 192 g/mol. The summed E-state index contributed by atoms with van der Waals surface area (Å²) in [4.78, 5) is 4.46. The second kappa shape index (κ2) is 9.92. The van der Waals surface area contributed by atoms with Gasteiger partial charge in [-0.05, 0) is 0 Å². The summed E-state index contributed by atoms with van der Waals surface area (Å²) < 4.78 is 0. The summed E-state index contributed by atoms with van der Waals surface area (Å²) >= 11 is 0. The van der Waals surface area contributed by atoms with Crippen LogP contribution in [-0.4, -0.2) is 49.3 Å². The normalized spacial score (nSPS) is 18.0. The zero-order chi connectivity index (χ0) is 7.40. The van der Waals surface area contributed by atoms with Gasteiger partial charge in [-0.1, -0.05) is 22.3 Å². The molecule has 0 aromatic heterocycles. The first-order chi connectivity index (χ1) is 4.86. The molecule has 0 saturated carbocycles. The maximum Gasteiger partial charge on any atom is 0.0456 e. The first kappa shape index (κ1) is 18.6. The molecule has 1 heterocycles. The van der Waals surface area contributed by atoms with Gasteiger partial charge < -0.3 is 11.5 Å². The third kappa shape index (κ3) is 5.99. The largest absolute Gasteiger partial charge is 0.318 e. The predicted octanol–water partition coefficient (Wildman–Crippen LogP) is 0.345. The predicted molar refractivity (Wildman–Crippen MR) is 61.4 cm³/mol. The molecule has 0 amide bonds. The van der Waals surface area contributed by atoms with E-state index in [0.29, 0.717) is 13.3 Å². The van der Waals surface area contributed by atoms with Gasteiger partial charge in [0.2, 0.25) is 0 Å². The lowest BCUT2D eigenvalue weighted by Crippen LogP contribution is -2.49. The zero-order valence-corrected chi connectivity index (χ0v) is 6.29. The Balaban J connectivity index is -0.000000333. The van der Waals surface area contributed by atoms with Crippen LogP contribution in [-0.2, 0) is 0 Å². The number of hydrogen-bond acceptors (Lipinski definition) is 4. The van der Waals surface area contributed by atoms with Crippen molar-refractivity contribution < 1.29 is 0 Å². The molecule has 1 rings (SSSR count). The molecule has 0 aliphatic carbocycles. The van der Waals surface area contributed by atoms with Crippen molar-refractivity contribution in [3.05, 3.63) is 0 Å². The number of piperazine rings is 1. The highest BCUT2D eigenvalue weighted by Gasteiger charge is 2.12. The van der Waals surface area contributed by atoms with Gasteiger partial charge in [-0.15, -0.1) is 0 Å². The molecule has 84 valence electrons. The second-order valence-electron chi connectivity index (χ2n) is 2.60. The fourth-order valence-corrected chi connectivity index (χ4v) is 1.15. The lowest BCUT2D eigenvalue weighted by Gasteiger charge is -2.32. The van der Waals surface area contributed by atoms with Gasteiger partial charge in [0, 0.05) is 39.5 Å². The van der Waals surface area contributed by atoms with Crippen molar-refractivity contribution in [2.24, 2.45) is 11.5 Å². The lowest BCUT2D eigenvalue weighted by molar-refractivity contribution is 0.137. The SMILES string of the molecule is C.C.C.NCN1CCN(CN)CC1. The number of nitrogens with zero attached hydrogens (tertiary/aromatic N) is 2. The van der Waals surface area contributed by atoms with Crippen LogP contribution in [0.5, 0.6) is 0 Å². The van der Waals surface area contributed by atoms with Crippen LogP contribution in [0.4, 0.5) is 0 Å². The van der Waals surface area contributed by atoms with E-state index >= 15 is 0 Å². The summed E-state index contributed by atoms with van der Waals surface area (Å²) in [5, 5.41) is 0. The van der Waals surface area contributed by atoms with Crippen molar-refractivity contribution in [1.82, 2.24) is 9.80 Å². The second-order valence-corrected chi connectivity index (χ2v) is 2.60. The minimum Gasteiger partial charge on any atom is -0.318 e. The van der Waals surface area contributed by atoms with E-state index in [-0.39, 0.29) is 22.3 Å². The summed E-state index contributed by atoms with van der Waals surface area (Å²) in [7, 11) is 0.